The average Bonchev–Trinajstić information content (AvgIpc) is 2.97. The number of fused-ring (bicyclic) bond motifs is 1. The number of hydrogen-bond donors (Lipinski definition) is 4. The SMILES string of the molecule is O=[N+]([O-])c1c(NCCO)c([N+](=O)[O-])c2nsnc2c1NCCO. The molecule has 4 N–H and O–H groups in total. The van der Waals surface area contributed by atoms with Crippen LogP contribution in [0.4, 0.5) is 22.7 Å². The molecule has 0 saturated carbocycles. The minimum absolute atomic E-state index is 0.00921. The number of aromatic nitrogens is 2. The van der Waals surface area contributed by atoms with Gasteiger partial charge in [0.2, 0.25) is 0 Å². The Morgan fingerprint density at radius 1 is 0.913 bits per heavy atom. The molecule has 1 heterocycles. The lowest BCUT2D eigenvalue weighted by Crippen LogP contribution is -2.14. The largest absolute Gasteiger partial charge is 0.395 e. The first-order valence-electron chi connectivity index (χ1n) is 6.33. The summed E-state index contributed by atoms with van der Waals surface area (Å²) in [6.07, 6.45) is 0. The highest BCUT2D eigenvalue weighted by Crippen LogP contribution is 2.46. The van der Waals surface area contributed by atoms with Crippen LogP contribution in [0.15, 0.2) is 0 Å². The van der Waals surface area contributed by atoms with E-state index in [0.717, 1.165) is 0 Å². The molecule has 0 amide bonds. The van der Waals surface area contributed by atoms with Gasteiger partial charge in [-0.05, 0) is 0 Å². The van der Waals surface area contributed by atoms with Crippen LogP contribution in [0, 0.1) is 20.2 Å². The Morgan fingerprint density at radius 2 is 1.43 bits per heavy atom. The fourth-order valence-electron chi connectivity index (χ4n) is 2.03. The van der Waals surface area contributed by atoms with Crippen LogP contribution in [0.3, 0.4) is 0 Å². The molecule has 0 radical (unpaired) electrons. The zero-order chi connectivity index (χ0) is 17.0. The number of nitrogens with zero attached hydrogens (tertiary/aromatic N) is 4. The van der Waals surface area contributed by atoms with Crippen molar-refractivity contribution >= 4 is 45.5 Å². The summed E-state index contributed by atoms with van der Waals surface area (Å²) in [6, 6.07) is 0. The maximum absolute atomic E-state index is 11.4. The Labute approximate surface area is 132 Å². The summed E-state index contributed by atoms with van der Waals surface area (Å²) in [5.74, 6) is 0. The maximum Gasteiger partial charge on any atom is 0.328 e. The zero-order valence-electron chi connectivity index (χ0n) is 11.6. The van der Waals surface area contributed by atoms with Crippen molar-refractivity contribution in [3.63, 3.8) is 0 Å². The van der Waals surface area contributed by atoms with Gasteiger partial charge in [0, 0.05) is 13.1 Å². The molecule has 1 aromatic heterocycles. The molecule has 2 aromatic rings. The molecular weight excluding hydrogens is 332 g/mol. The number of aliphatic hydroxyl groups is 2. The standard InChI is InChI=1S/C10H12N6O6S/c17-3-1-11-6-5-7(14-23-13-5)10(16(21)22)8(12-2-4-18)9(6)15(19)20/h11-12,17-18H,1-4H2. The number of rotatable bonds is 8. The highest BCUT2D eigenvalue weighted by Gasteiger charge is 2.35. The van der Waals surface area contributed by atoms with Crippen molar-refractivity contribution in [1.29, 1.82) is 0 Å². The van der Waals surface area contributed by atoms with Crippen LogP contribution >= 0.6 is 11.7 Å². The molecule has 0 atom stereocenters. The lowest BCUT2D eigenvalue weighted by atomic mass is 10.1. The highest BCUT2D eigenvalue weighted by molar-refractivity contribution is 7.00. The molecule has 23 heavy (non-hydrogen) atoms. The van der Waals surface area contributed by atoms with Gasteiger partial charge in [0.25, 0.3) is 0 Å². The number of benzene rings is 1. The summed E-state index contributed by atoms with van der Waals surface area (Å²) in [5.41, 5.74) is -1.72. The summed E-state index contributed by atoms with van der Waals surface area (Å²) in [5, 5.41) is 45.7. The molecule has 2 rings (SSSR count). The van der Waals surface area contributed by atoms with Gasteiger partial charge in [0.15, 0.2) is 11.2 Å². The molecule has 124 valence electrons. The summed E-state index contributed by atoms with van der Waals surface area (Å²) in [7, 11) is 0. The van der Waals surface area contributed by atoms with Crippen LogP contribution in [-0.2, 0) is 0 Å². The molecule has 0 fully saturated rings. The summed E-state index contributed by atoms with van der Waals surface area (Å²) >= 11 is 0.678. The van der Waals surface area contributed by atoms with Gasteiger partial charge < -0.3 is 20.8 Å². The second-order valence-corrected chi connectivity index (χ2v) is 4.75. The molecule has 0 bridgehead atoms. The van der Waals surface area contributed by atoms with Crippen LogP contribution < -0.4 is 10.6 Å². The molecule has 0 aliphatic heterocycles. The average molecular weight is 344 g/mol. The van der Waals surface area contributed by atoms with Gasteiger partial charge in [0.05, 0.1) is 34.8 Å². The number of hydrogen-bond acceptors (Lipinski definition) is 11. The quantitative estimate of drug-likeness (QED) is 0.385. The minimum Gasteiger partial charge on any atom is -0.395 e. The smallest absolute Gasteiger partial charge is 0.328 e. The third-order valence-electron chi connectivity index (χ3n) is 2.85. The fraction of sp³-hybridized carbons (Fsp3) is 0.400. The third kappa shape index (κ3) is 3.10. The minimum atomic E-state index is -0.787. The van der Waals surface area contributed by atoms with E-state index in [2.05, 4.69) is 19.4 Å². The Bertz CT molecular complexity index is 749. The first kappa shape index (κ1) is 16.7. The van der Waals surface area contributed by atoms with E-state index < -0.39 is 21.2 Å². The van der Waals surface area contributed by atoms with E-state index in [1.807, 2.05) is 0 Å². The zero-order valence-corrected chi connectivity index (χ0v) is 12.4. The van der Waals surface area contributed by atoms with Crippen molar-refractivity contribution in [3.8, 4) is 0 Å². The van der Waals surface area contributed by atoms with Crippen molar-refractivity contribution in [2.45, 2.75) is 0 Å². The van der Waals surface area contributed by atoms with Crippen molar-refractivity contribution < 1.29 is 20.1 Å². The van der Waals surface area contributed by atoms with Crippen LogP contribution in [0.2, 0.25) is 0 Å². The van der Waals surface area contributed by atoms with Gasteiger partial charge in [0.1, 0.15) is 11.2 Å². The Morgan fingerprint density at radius 3 is 1.96 bits per heavy atom. The van der Waals surface area contributed by atoms with E-state index in [-0.39, 0.29) is 48.7 Å². The Kier molecular flexibility index (Phi) is 5.15. The lowest BCUT2D eigenvalue weighted by molar-refractivity contribution is -0.390. The Balaban J connectivity index is 2.83. The molecule has 13 heteroatoms. The molecular formula is C10H12N6O6S. The molecule has 0 spiro atoms. The van der Waals surface area contributed by atoms with E-state index in [1.54, 1.807) is 0 Å². The monoisotopic (exact) mass is 344 g/mol. The number of nitro groups is 2. The summed E-state index contributed by atoms with van der Waals surface area (Å²) in [6.45, 7) is -0.803. The first-order chi connectivity index (χ1) is 11.0. The molecule has 0 aliphatic rings. The molecule has 0 saturated heterocycles. The fourth-order valence-corrected chi connectivity index (χ4v) is 2.59. The van der Waals surface area contributed by atoms with E-state index in [1.165, 1.54) is 0 Å². The van der Waals surface area contributed by atoms with E-state index >= 15 is 0 Å². The molecule has 12 nitrogen and oxygen atoms in total. The van der Waals surface area contributed by atoms with Gasteiger partial charge in [-0.25, -0.2) is 0 Å². The predicted molar refractivity (Wildman–Crippen MR) is 81.9 cm³/mol. The van der Waals surface area contributed by atoms with E-state index in [0.29, 0.717) is 11.7 Å². The molecule has 0 unspecified atom stereocenters. The van der Waals surface area contributed by atoms with Crippen LogP contribution in [-0.4, -0.2) is 55.1 Å². The second kappa shape index (κ2) is 7.08. The van der Waals surface area contributed by atoms with Crippen LogP contribution in [0.25, 0.3) is 11.0 Å². The van der Waals surface area contributed by atoms with Crippen molar-refractivity contribution in [2.75, 3.05) is 36.9 Å². The predicted octanol–water partition coefficient (Wildman–Crippen LogP) is 0.316. The highest BCUT2D eigenvalue weighted by atomic mass is 32.1. The number of aliphatic hydroxyl groups excluding tert-OH is 2. The van der Waals surface area contributed by atoms with Crippen molar-refractivity contribution in [1.82, 2.24) is 8.75 Å². The van der Waals surface area contributed by atoms with Gasteiger partial charge in [-0.15, -0.1) is 0 Å². The van der Waals surface area contributed by atoms with Crippen LogP contribution in [0.5, 0.6) is 0 Å². The third-order valence-corrected chi connectivity index (χ3v) is 3.38. The normalized spacial score (nSPS) is 10.7. The van der Waals surface area contributed by atoms with Crippen molar-refractivity contribution in [3.05, 3.63) is 20.2 Å². The van der Waals surface area contributed by atoms with Gasteiger partial charge in [-0.2, -0.15) is 8.75 Å². The van der Waals surface area contributed by atoms with Gasteiger partial charge in [-0.3, -0.25) is 20.2 Å². The maximum atomic E-state index is 11.4. The second-order valence-electron chi connectivity index (χ2n) is 4.22. The number of nitrogens with one attached hydrogen (secondary N) is 2. The number of nitro benzene ring substituents is 2. The van der Waals surface area contributed by atoms with Gasteiger partial charge in [-0.1, -0.05) is 0 Å². The summed E-state index contributed by atoms with van der Waals surface area (Å²) in [4.78, 5) is 21.2. The molecule has 0 aliphatic carbocycles. The topological polar surface area (TPSA) is 177 Å². The van der Waals surface area contributed by atoms with Crippen molar-refractivity contribution in [2.24, 2.45) is 0 Å². The first-order valence-corrected chi connectivity index (χ1v) is 7.06. The number of anilines is 2. The van der Waals surface area contributed by atoms with E-state index in [4.69, 9.17) is 10.2 Å². The van der Waals surface area contributed by atoms with Crippen LogP contribution in [0.1, 0.15) is 0 Å². The molecule has 1 aromatic carbocycles. The summed E-state index contributed by atoms with van der Waals surface area (Å²) < 4.78 is 7.72. The van der Waals surface area contributed by atoms with E-state index in [9.17, 15) is 20.2 Å². The van der Waals surface area contributed by atoms with Gasteiger partial charge >= 0.3 is 11.4 Å². The lowest BCUT2D eigenvalue weighted by Gasteiger charge is -2.11. The Hall–Kier alpha value is -2.64.